The van der Waals surface area contributed by atoms with Crippen LogP contribution < -0.4 is 22.1 Å². The van der Waals surface area contributed by atoms with Crippen LogP contribution in [-0.4, -0.2) is 33.9 Å². The highest BCUT2D eigenvalue weighted by Gasteiger charge is 2.26. The van der Waals surface area contributed by atoms with Gasteiger partial charge in [0.25, 0.3) is 5.91 Å². The van der Waals surface area contributed by atoms with Crippen LogP contribution in [0.2, 0.25) is 5.02 Å². The Hall–Kier alpha value is -3.39. The fourth-order valence-electron chi connectivity index (χ4n) is 3.98. The number of rotatable bonds is 5. The monoisotopic (exact) mass is 451 g/mol. The standard InChI is InChI=1S/C23H26ClN7O/c1-13-6-11-17-16(12-13)20(29-18-4-2-3-5-19(18)30-23(25)26)31-21(28-17)22(32)27-15-9-7-14(24)8-10-15/h6-12,18-19H,2-5H2,1H3,(H,27,32)(H4,25,26,30)(H,28,29,31)/t18-,19+/m0/s1. The second-order valence-corrected chi connectivity index (χ2v) is 8.47. The van der Waals surface area contributed by atoms with Gasteiger partial charge >= 0.3 is 0 Å². The second kappa shape index (κ2) is 9.40. The molecule has 0 saturated heterocycles. The fraction of sp³-hybridized carbons (Fsp3) is 0.304. The third-order valence-corrected chi connectivity index (χ3v) is 5.77. The molecule has 0 unspecified atom stereocenters. The number of benzene rings is 2. The highest BCUT2D eigenvalue weighted by Crippen LogP contribution is 2.28. The van der Waals surface area contributed by atoms with Crippen molar-refractivity contribution in [3.63, 3.8) is 0 Å². The first kappa shape index (κ1) is 21.8. The fourth-order valence-corrected chi connectivity index (χ4v) is 4.10. The zero-order chi connectivity index (χ0) is 22.7. The third-order valence-electron chi connectivity index (χ3n) is 5.52. The molecule has 1 aliphatic rings. The molecule has 9 heteroatoms. The highest BCUT2D eigenvalue weighted by atomic mass is 35.5. The Morgan fingerprint density at radius 2 is 1.84 bits per heavy atom. The number of amides is 1. The van der Waals surface area contributed by atoms with Crippen LogP contribution in [0.15, 0.2) is 47.5 Å². The Balaban J connectivity index is 1.68. The molecule has 0 aliphatic heterocycles. The molecular weight excluding hydrogens is 426 g/mol. The van der Waals surface area contributed by atoms with Crippen molar-refractivity contribution in [3.05, 3.63) is 58.9 Å². The van der Waals surface area contributed by atoms with Gasteiger partial charge in [0.1, 0.15) is 5.82 Å². The molecule has 8 nitrogen and oxygen atoms in total. The van der Waals surface area contributed by atoms with Crippen molar-refractivity contribution in [1.82, 2.24) is 9.97 Å². The Morgan fingerprint density at radius 1 is 1.09 bits per heavy atom. The summed E-state index contributed by atoms with van der Waals surface area (Å²) >= 11 is 5.93. The molecule has 0 bridgehead atoms. The average Bonchev–Trinajstić information content (AvgIpc) is 2.76. The molecule has 166 valence electrons. The number of nitrogens with two attached hydrogens (primary N) is 2. The molecular formula is C23H26ClN7O. The molecule has 1 saturated carbocycles. The molecule has 4 rings (SSSR count). The van der Waals surface area contributed by atoms with Crippen LogP contribution in [0.25, 0.3) is 10.9 Å². The number of hydrogen-bond donors (Lipinski definition) is 4. The molecule has 32 heavy (non-hydrogen) atoms. The van der Waals surface area contributed by atoms with Crippen LogP contribution in [0.5, 0.6) is 0 Å². The first-order chi connectivity index (χ1) is 15.4. The molecule has 1 amide bonds. The molecule has 1 aliphatic carbocycles. The lowest BCUT2D eigenvalue weighted by Gasteiger charge is -2.30. The number of anilines is 2. The number of aromatic nitrogens is 2. The summed E-state index contributed by atoms with van der Waals surface area (Å²) in [5.74, 6) is 0.355. The number of guanidine groups is 1. The van der Waals surface area contributed by atoms with Crippen LogP contribution in [-0.2, 0) is 0 Å². The van der Waals surface area contributed by atoms with Crippen molar-refractivity contribution in [3.8, 4) is 0 Å². The number of aliphatic imine (C=N–C) groups is 1. The number of carbonyl (C=O) groups excluding carboxylic acids is 1. The SMILES string of the molecule is Cc1ccc2nc(C(=O)Nc3ccc(Cl)cc3)nc(N[C@H]3CCCC[C@H]3N=C(N)N)c2c1. The van der Waals surface area contributed by atoms with E-state index >= 15 is 0 Å². The van der Waals surface area contributed by atoms with Crippen molar-refractivity contribution in [2.45, 2.75) is 44.7 Å². The number of halogens is 1. The minimum absolute atomic E-state index is 0.0108. The van der Waals surface area contributed by atoms with Gasteiger partial charge in [0.15, 0.2) is 5.96 Å². The predicted octanol–water partition coefficient (Wildman–Crippen LogP) is 3.84. The highest BCUT2D eigenvalue weighted by molar-refractivity contribution is 6.30. The maximum atomic E-state index is 12.9. The number of nitrogens with zero attached hydrogens (tertiary/aromatic N) is 3. The van der Waals surface area contributed by atoms with E-state index in [2.05, 4.69) is 25.6 Å². The zero-order valence-electron chi connectivity index (χ0n) is 17.8. The predicted molar refractivity (Wildman–Crippen MR) is 129 cm³/mol. The minimum atomic E-state index is -0.401. The number of nitrogens with one attached hydrogen (secondary N) is 2. The second-order valence-electron chi connectivity index (χ2n) is 8.03. The Kier molecular flexibility index (Phi) is 6.41. The molecule has 2 atom stereocenters. The lowest BCUT2D eigenvalue weighted by Crippen LogP contribution is -2.38. The summed E-state index contributed by atoms with van der Waals surface area (Å²) in [5.41, 5.74) is 13.7. The van der Waals surface area contributed by atoms with E-state index in [0.29, 0.717) is 22.0 Å². The van der Waals surface area contributed by atoms with Gasteiger partial charge < -0.3 is 22.1 Å². The molecule has 1 aromatic heterocycles. The summed E-state index contributed by atoms with van der Waals surface area (Å²) in [7, 11) is 0. The number of aryl methyl sites for hydroxylation is 1. The van der Waals surface area contributed by atoms with Gasteiger partial charge in [0.2, 0.25) is 5.82 Å². The lowest BCUT2D eigenvalue weighted by atomic mass is 9.90. The Labute approximate surface area is 191 Å². The Bertz CT molecular complexity index is 1160. The number of carbonyl (C=O) groups is 1. The van der Waals surface area contributed by atoms with Gasteiger partial charge in [-0.25, -0.2) is 15.0 Å². The van der Waals surface area contributed by atoms with E-state index in [-0.39, 0.29) is 23.9 Å². The zero-order valence-corrected chi connectivity index (χ0v) is 18.6. The van der Waals surface area contributed by atoms with Crippen molar-refractivity contribution in [1.29, 1.82) is 0 Å². The first-order valence-electron chi connectivity index (χ1n) is 10.6. The van der Waals surface area contributed by atoms with E-state index < -0.39 is 5.91 Å². The van der Waals surface area contributed by atoms with Gasteiger partial charge in [0.05, 0.1) is 17.6 Å². The van der Waals surface area contributed by atoms with Crippen LogP contribution in [0.3, 0.4) is 0 Å². The molecule has 1 heterocycles. The number of fused-ring (bicyclic) bond motifs is 1. The van der Waals surface area contributed by atoms with E-state index in [1.807, 2.05) is 25.1 Å². The van der Waals surface area contributed by atoms with Crippen LogP contribution in [0, 0.1) is 6.92 Å². The summed E-state index contributed by atoms with van der Waals surface area (Å²) < 4.78 is 0. The van der Waals surface area contributed by atoms with Crippen molar-refractivity contribution in [2.24, 2.45) is 16.5 Å². The average molecular weight is 452 g/mol. The molecule has 1 fully saturated rings. The summed E-state index contributed by atoms with van der Waals surface area (Å²) in [4.78, 5) is 26.4. The molecule has 6 N–H and O–H groups in total. The van der Waals surface area contributed by atoms with Gasteiger partial charge in [0, 0.05) is 16.1 Å². The van der Waals surface area contributed by atoms with E-state index in [4.69, 9.17) is 23.1 Å². The summed E-state index contributed by atoms with van der Waals surface area (Å²) in [6, 6.07) is 12.7. The molecule has 0 spiro atoms. The molecule has 3 aromatic rings. The third kappa shape index (κ3) is 5.08. The maximum Gasteiger partial charge on any atom is 0.293 e. The summed E-state index contributed by atoms with van der Waals surface area (Å²) in [6.07, 6.45) is 3.94. The van der Waals surface area contributed by atoms with Crippen molar-refractivity contribution < 1.29 is 4.79 Å². The van der Waals surface area contributed by atoms with E-state index in [0.717, 1.165) is 36.6 Å². The summed E-state index contributed by atoms with van der Waals surface area (Å²) in [5, 5.41) is 7.77. The van der Waals surface area contributed by atoms with Crippen LogP contribution in [0.4, 0.5) is 11.5 Å². The van der Waals surface area contributed by atoms with E-state index in [1.165, 1.54) is 0 Å². The van der Waals surface area contributed by atoms with Gasteiger partial charge in [-0.15, -0.1) is 0 Å². The van der Waals surface area contributed by atoms with Gasteiger partial charge in [-0.05, 0) is 56.2 Å². The molecule has 2 aromatic carbocycles. The van der Waals surface area contributed by atoms with Crippen molar-refractivity contribution in [2.75, 3.05) is 10.6 Å². The van der Waals surface area contributed by atoms with E-state index in [1.54, 1.807) is 24.3 Å². The smallest absolute Gasteiger partial charge is 0.293 e. The quantitative estimate of drug-likeness (QED) is 0.344. The largest absolute Gasteiger partial charge is 0.370 e. The lowest BCUT2D eigenvalue weighted by molar-refractivity contribution is 0.101. The molecule has 0 radical (unpaired) electrons. The van der Waals surface area contributed by atoms with Crippen LogP contribution >= 0.6 is 11.6 Å². The maximum absolute atomic E-state index is 12.9. The topological polar surface area (TPSA) is 131 Å². The first-order valence-corrected chi connectivity index (χ1v) is 11.0. The van der Waals surface area contributed by atoms with Crippen LogP contribution in [0.1, 0.15) is 41.9 Å². The van der Waals surface area contributed by atoms with Gasteiger partial charge in [-0.1, -0.05) is 36.1 Å². The van der Waals surface area contributed by atoms with Gasteiger partial charge in [-0.3, -0.25) is 4.79 Å². The minimum Gasteiger partial charge on any atom is -0.370 e. The van der Waals surface area contributed by atoms with Gasteiger partial charge in [-0.2, -0.15) is 0 Å². The normalized spacial score (nSPS) is 18.2. The Morgan fingerprint density at radius 3 is 2.59 bits per heavy atom. The van der Waals surface area contributed by atoms with E-state index in [9.17, 15) is 4.79 Å². The van der Waals surface area contributed by atoms with Crippen molar-refractivity contribution >= 4 is 45.9 Å². The summed E-state index contributed by atoms with van der Waals surface area (Å²) in [6.45, 7) is 2.01. The number of hydrogen-bond acceptors (Lipinski definition) is 5.